The molecular weight excluding hydrogens is 468 g/mol. The van der Waals surface area contributed by atoms with Crippen LogP contribution in [0.3, 0.4) is 0 Å². The Hall–Kier alpha value is -3.84. The van der Waals surface area contributed by atoms with Crippen LogP contribution in [-0.2, 0) is 14.3 Å². The van der Waals surface area contributed by atoms with Crippen LogP contribution >= 0.6 is 0 Å². The first-order chi connectivity index (χ1) is 16.6. The molecule has 1 aliphatic heterocycles. The van der Waals surface area contributed by atoms with Gasteiger partial charge < -0.3 is 49.3 Å². The fourth-order valence-electron chi connectivity index (χ4n) is 3.76. The van der Waals surface area contributed by atoms with Crippen LogP contribution in [0.4, 0.5) is 0 Å². The lowest BCUT2D eigenvalue weighted by molar-refractivity contribution is -0.282. The number of carbonyl (C=O) groups is 1. The minimum absolute atomic E-state index is 0.0805. The van der Waals surface area contributed by atoms with Crippen LogP contribution in [0.5, 0.6) is 23.0 Å². The normalized spacial score (nSPS) is 24.3. The maximum atomic E-state index is 13.4. The third-order valence-electron chi connectivity index (χ3n) is 5.41. The van der Waals surface area contributed by atoms with Gasteiger partial charge in [0.05, 0.1) is 6.61 Å². The number of phenols is 3. The number of ether oxygens (including phenoxy) is 3. The zero-order chi connectivity index (χ0) is 25.4. The summed E-state index contributed by atoms with van der Waals surface area (Å²) in [4.78, 5) is 25.0. The predicted molar refractivity (Wildman–Crippen MR) is 117 cm³/mol. The first-order valence-corrected chi connectivity index (χ1v) is 10.4. The van der Waals surface area contributed by atoms with Crippen LogP contribution in [0.1, 0.15) is 6.92 Å². The summed E-state index contributed by atoms with van der Waals surface area (Å²) in [5, 5.41) is 59.6. The molecule has 35 heavy (non-hydrogen) atoms. The molecule has 1 aromatic heterocycles. The Kier molecular flexibility index (Phi) is 6.54. The highest BCUT2D eigenvalue weighted by Gasteiger charge is 2.48. The van der Waals surface area contributed by atoms with Crippen LogP contribution in [-0.4, -0.2) is 73.9 Å². The molecule has 186 valence electrons. The van der Waals surface area contributed by atoms with Gasteiger partial charge in [-0.1, -0.05) is 0 Å². The molecule has 0 aliphatic carbocycles. The van der Waals surface area contributed by atoms with Crippen LogP contribution < -0.4 is 10.2 Å². The van der Waals surface area contributed by atoms with E-state index in [9.17, 15) is 40.2 Å². The van der Waals surface area contributed by atoms with E-state index < -0.39 is 60.2 Å². The Morgan fingerprint density at radius 3 is 2.34 bits per heavy atom. The van der Waals surface area contributed by atoms with Gasteiger partial charge >= 0.3 is 5.97 Å². The molecule has 1 aliphatic rings. The summed E-state index contributed by atoms with van der Waals surface area (Å²) in [5.74, 6) is -2.66. The number of hydrogen-bond donors (Lipinski definition) is 6. The minimum atomic E-state index is -1.75. The van der Waals surface area contributed by atoms with Crippen molar-refractivity contribution in [1.29, 1.82) is 0 Å². The molecule has 4 rings (SSSR count). The van der Waals surface area contributed by atoms with Gasteiger partial charge in [-0.15, -0.1) is 0 Å². The Bertz CT molecular complexity index is 1300. The first-order valence-electron chi connectivity index (χ1n) is 10.4. The molecule has 12 nitrogen and oxygen atoms in total. The molecule has 5 atom stereocenters. The van der Waals surface area contributed by atoms with Gasteiger partial charge in [0.2, 0.25) is 17.5 Å². The van der Waals surface area contributed by atoms with Crippen molar-refractivity contribution in [3.63, 3.8) is 0 Å². The van der Waals surface area contributed by atoms with Crippen molar-refractivity contribution in [3.05, 3.63) is 46.6 Å². The van der Waals surface area contributed by atoms with Crippen LogP contribution in [0.2, 0.25) is 0 Å². The van der Waals surface area contributed by atoms with E-state index in [0.717, 1.165) is 19.1 Å². The SMILES string of the molecule is CC(=O)O[C@@H]1[C@@H](Oc2c(-c3ccc(O)cc3)oc3cc(O)cc(O)c3c2=O)O[C@@H](CO)[C@H](O)[C@H]1O. The van der Waals surface area contributed by atoms with Crippen molar-refractivity contribution < 1.29 is 54.1 Å². The van der Waals surface area contributed by atoms with Gasteiger partial charge in [-0.25, -0.2) is 0 Å². The molecule has 6 N–H and O–H groups in total. The second-order valence-corrected chi connectivity index (χ2v) is 7.87. The largest absolute Gasteiger partial charge is 0.508 e. The molecule has 0 unspecified atom stereocenters. The fourth-order valence-corrected chi connectivity index (χ4v) is 3.76. The highest BCUT2D eigenvalue weighted by Crippen LogP contribution is 2.37. The van der Waals surface area contributed by atoms with Gasteiger partial charge in [-0.2, -0.15) is 0 Å². The average Bonchev–Trinajstić information content (AvgIpc) is 2.79. The van der Waals surface area contributed by atoms with E-state index in [-0.39, 0.29) is 33.8 Å². The summed E-state index contributed by atoms with van der Waals surface area (Å²) < 4.78 is 22.0. The van der Waals surface area contributed by atoms with Gasteiger partial charge in [-0.3, -0.25) is 9.59 Å². The number of hydrogen-bond acceptors (Lipinski definition) is 12. The van der Waals surface area contributed by atoms with E-state index in [0.29, 0.717) is 0 Å². The second-order valence-electron chi connectivity index (χ2n) is 7.87. The number of aliphatic hydroxyl groups is 3. The first kappa shape index (κ1) is 24.3. The van der Waals surface area contributed by atoms with Gasteiger partial charge in [0.25, 0.3) is 0 Å². The zero-order valence-corrected chi connectivity index (χ0v) is 18.2. The molecule has 0 bridgehead atoms. The number of carbonyl (C=O) groups excluding carboxylic acids is 1. The van der Waals surface area contributed by atoms with Crippen LogP contribution in [0, 0.1) is 0 Å². The maximum absolute atomic E-state index is 13.4. The van der Waals surface area contributed by atoms with E-state index in [4.69, 9.17) is 18.6 Å². The summed E-state index contributed by atoms with van der Waals surface area (Å²) >= 11 is 0. The lowest BCUT2D eigenvalue weighted by Gasteiger charge is -2.41. The van der Waals surface area contributed by atoms with Crippen molar-refractivity contribution in [1.82, 2.24) is 0 Å². The van der Waals surface area contributed by atoms with E-state index in [1.807, 2.05) is 0 Å². The van der Waals surface area contributed by atoms with Gasteiger partial charge in [0.1, 0.15) is 46.5 Å². The second kappa shape index (κ2) is 9.43. The Morgan fingerprint density at radius 1 is 1.03 bits per heavy atom. The average molecular weight is 490 g/mol. The molecule has 0 spiro atoms. The van der Waals surface area contributed by atoms with Crippen molar-refractivity contribution in [3.8, 4) is 34.3 Å². The molecule has 3 aromatic rings. The standard InChI is InChI=1S/C23H22O12/c1-9(25)32-22-19(31)17(29)15(8-24)34-23(22)35-21-18(30)16-13(28)6-12(27)7-14(16)33-20(21)10-2-4-11(26)5-3-10/h2-7,15,17,19,22-24,26-29,31H,8H2,1H3/t15-,17-,19+,22-,23+/m0/s1. The van der Waals surface area contributed by atoms with Crippen molar-refractivity contribution >= 4 is 16.9 Å². The number of fused-ring (bicyclic) bond motifs is 1. The number of aliphatic hydroxyl groups excluding tert-OH is 3. The van der Waals surface area contributed by atoms with Gasteiger partial charge in [0, 0.05) is 24.6 Å². The Labute approximate surface area is 196 Å². The summed E-state index contributed by atoms with van der Waals surface area (Å²) in [6.45, 7) is 0.313. The fraction of sp³-hybridized carbons (Fsp3) is 0.304. The third-order valence-corrected chi connectivity index (χ3v) is 5.41. The quantitative estimate of drug-likeness (QED) is 0.268. The lowest BCUT2D eigenvalue weighted by Crippen LogP contribution is -2.61. The summed E-state index contributed by atoms with van der Waals surface area (Å²) in [7, 11) is 0. The predicted octanol–water partition coefficient (Wildman–Crippen LogP) is 0.326. The van der Waals surface area contributed by atoms with Crippen LogP contribution in [0.15, 0.2) is 45.6 Å². The van der Waals surface area contributed by atoms with Crippen molar-refractivity contribution in [2.75, 3.05) is 6.61 Å². The van der Waals surface area contributed by atoms with E-state index in [1.54, 1.807) is 0 Å². The van der Waals surface area contributed by atoms with E-state index >= 15 is 0 Å². The number of phenolic OH excluding ortho intramolecular Hbond substituents is 3. The number of rotatable bonds is 5. The topological polar surface area (TPSA) is 196 Å². The van der Waals surface area contributed by atoms with E-state index in [1.165, 1.54) is 24.3 Å². The minimum Gasteiger partial charge on any atom is -0.508 e. The Balaban J connectivity index is 1.90. The Morgan fingerprint density at radius 2 is 1.71 bits per heavy atom. The molecule has 0 radical (unpaired) electrons. The monoisotopic (exact) mass is 490 g/mol. The summed E-state index contributed by atoms with van der Waals surface area (Å²) in [5.41, 5.74) is -0.857. The van der Waals surface area contributed by atoms with E-state index in [2.05, 4.69) is 0 Å². The molecule has 2 aromatic carbocycles. The number of aromatic hydroxyl groups is 3. The molecule has 2 heterocycles. The molecule has 1 saturated heterocycles. The molecule has 1 fully saturated rings. The van der Waals surface area contributed by atoms with Crippen LogP contribution in [0.25, 0.3) is 22.3 Å². The zero-order valence-electron chi connectivity index (χ0n) is 18.2. The highest BCUT2D eigenvalue weighted by molar-refractivity contribution is 5.88. The maximum Gasteiger partial charge on any atom is 0.303 e. The molecule has 0 saturated carbocycles. The molecular formula is C23H22O12. The van der Waals surface area contributed by atoms with Crippen molar-refractivity contribution in [2.45, 2.75) is 37.6 Å². The molecule has 0 amide bonds. The van der Waals surface area contributed by atoms with Crippen molar-refractivity contribution in [2.24, 2.45) is 0 Å². The lowest BCUT2D eigenvalue weighted by atomic mass is 9.99. The third kappa shape index (κ3) is 4.59. The summed E-state index contributed by atoms with van der Waals surface area (Å²) in [6, 6.07) is 7.44. The van der Waals surface area contributed by atoms with Gasteiger partial charge in [0.15, 0.2) is 11.9 Å². The summed E-state index contributed by atoms with van der Waals surface area (Å²) in [6.07, 6.45) is -8.03. The number of benzene rings is 2. The highest BCUT2D eigenvalue weighted by atomic mass is 16.7. The number of esters is 1. The van der Waals surface area contributed by atoms with Gasteiger partial charge in [-0.05, 0) is 24.3 Å². The smallest absolute Gasteiger partial charge is 0.303 e. The molecule has 12 heteroatoms.